The van der Waals surface area contributed by atoms with Crippen LogP contribution in [0.4, 0.5) is 11.4 Å². The molecular formula is C13H15ClN2O. The Bertz CT molecular complexity index is 482. The van der Waals surface area contributed by atoms with Gasteiger partial charge in [0.25, 0.3) is 0 Å². The number of hydrogen-bond donors (Lipinski definition) is 2. The zero-order chi connectivity index (χ0) is 12.3. The summed E-state index contributed by atoms with van der Waals surface area (Å²) >= 11 is 5.96. The first kappa shape index (κ1) is 11.9. The lowest BCUT2D eigenvalue weighted by molar-refractivity contribution is 0.498. The molecule has 0 amide bonds. The van der Waals surface area contributed by atoms with E-state index in [9.17, 15) is 0 Å². The van der Waals surface area contributed by atoms with Crippen LogP contribution in [0.2, 0.25) is 5.02 Å². The van der Waals surface area contributed by atoms with Crippen LogP contribution in [0, 0.1) is 0 Å². The summed E-state index contributed by atoms with van der Waals surface area (Å²) in [5.74, 6) is 0.950. The Morgan fingerprint density at radius 1 is 1.35 bits per heavy atom. The summed E-state index contributed by atoms with van der Waals surface area (Å²) in [6.07, 6.45) is 2.48. The minimum absolute atomic E-state index is 0.224. The van der Waals surface area contributed by atoms with Crippen LogP contribution in [0.1, 0.15) is 12.7 Å². The highest BCUT2D eigenvalue weighted by Crippen LogP contribution is 2.27. The molecular weight excluding hydrogens is 236 g/mol. The van der Waals surface area contributed by atoms with Gasteiger partial charge >= 0.3 is 0 Å². The van der Waals surface area contributed by atoms with Gasteiger partial charge in [-0.15, -0.1) is 0 Å². The maximum atomic E-state index is 5.96. The van der Waals surface area contributed by atoms with Crippen molar-refractivity contribution in [1.29, 1.82) is 0 Å². The highest BCUT2D eigenvalue weighted by Gasteiger charge is 2.08. The molecule has 1 aromatic carbocycles. The first-order valence-corrected chi connectivity index (χ1v) is 5.87. The molecule has 0 saturated carbocycles. The van der Waals surface area contributed by atoms with Gasteiger partial charge in [0.1, 0.15) is 5.76 Å². The Balaban J connectivity index is 2.03. The molecule has 0 bridgehead atoms. The van der Waals surface area contributed by atoms with Crippen LogP contribution in [0.3, 0.4) is 0 Å². The third kappa shape index (κ3) is 2.94. The normalized spacial score (nSPS) is 12.4. The highest BCUT2D eigenvalue weighted by molar-refractivity contribution is 6.33. The Morgan fingerprint density at radius 2 is 2.18 bits per heavy atom. The molecule has 2 aromatic rings. The standard InChI is InChI=1S/C13H15ClN2O/c1-9(8-10-4-3-7-17-10)16-12-6-2-5-11(14)13(12)15/h2-7,9,16H,8,15H2,1H3. The van der Waals surface area contributed by atoms with Gasteiger partial charge in [-0.25, -0.2) is 0 Å². The number of halogens is 1. The van der Waals surface area contributed by atoms with Crippen LogP contribution in [0.5, 0.6) is 0 Å². The second-order valence-electron chi connectivity index (χ2n) is 4.03. The first-order valence-electron chi connectivity index (χ1n) is 5.49. The van der Waals surface area contributed by atoms with E-state index in [4.69, 9.17) is 21.8 Å². The molecule has 0 aliphatic carbocycles. The second-order valence-corrected chi connectivity index (χ2v) is 4.44. The lowest BCUT2D eigenvalue weighted by atomic mass is 10.1. The van der Waals surface area contributed by atoms with Crippen molar-refractivity contribution in [3.8, 4) is 0 Å². The Kier molecular flexibility index (Phi) is 3.59. The van der Waals surface area contributed by atoms with Crippen LogP contribution >= 0.6 is 11.6 Å². The topological polar surface area (TPSA) is 51.2 Å². The van der Waals surface area contributed by atoms with Gasteiger partial charge in [0, 0.05) is 12.5 Å². The summed E-state index contributed by atoms with van der Waals surface area (Å²) in [5, 5.41) is 3.89. The fraction of sp³-hybridized carbons (Fsp3) is 0.231. The summed E-state index contributed by atoms with van der Waals surface area (Å²) in [5.41, 5.74) is 7.33. The molecule has 1 atom stereocenters. The number of nitrogens with one attached hydrogen (secondary N) is 1. The number of benzene rings is 1. The van der Waals surface area contributed by atoms with Crippen LogP contribution in [-0.2, 0) is 6.42 Å². The molecule has 2 rings (SSSR count). The van der Waals surface area contributed by atoms with Gasteiger partial charge in [-0.3, -0.25) is 0 Å². The molecule has 3 nitrogen and oxygen atoms in total. The van der Waals surface area contributed by atoms with Crippen molar-refractivity contribution in [3.05, 3.63) is 47.4 Å². The number of rotatable bonds is 4. The predicted molar refractivity (Wildman–Crippen MR) is 71.4 cm³/mol. The monoisotopic (exact) mass is 250 g/mol. The maximum Gasteiger partial charge on any atom is 0.105 e. The second kappa shape index (κ2) is 5.15. The maximum absolute atomic E-state index is 5.96. The van der Waals surface area contributed by atoms with Gasteiger partial charge in [-0.05, 0) is 31.2 Å². The minimum atomic E-state index is 0.224. The van der Waals surface area contributed by atoms with Gasteiger partial charge in [0.05, 0.1) is 22.7 Å². The van der Waals surface area contributed by atoms with Crippen LogP contribution < -0.4 is 11.1 Å². The number of furan rings is 1. The largest absolute Gasteiger partial charge is 0.469 e. The molecule has 0 radical (unpaired) electrons. The molecule has 1 aromatic heterocycles. The van der Waals surface area contributed by atoms with E-state index in [1.807, 2.05) is 24.3 Å². The molecule has 1 unspecified atom stereocenters. The molecule has 0 aliphatic heterocycles. The average Bonchev–Trinajstić information content (AvgIpc) is 2.77. The summed E-state index contributed by atoms with van der Waals surface area (Å²) in [4.78, 5) is 0. The van der Waals surface area contributed by atoms with E-state index in [0.717, 1.165) is 17.9 Å². The molecule has 1 heterocycles. The van der Waals surface area contributed by atoms with E-state index >= 15 is 0 Å². The third-order valence-electron chi connectivity index (χ3n) is 2.54. The lowest BCUT2D eigenvalue weighted by Crippen LogP contribution is -2.18. The van der Waals surface area contributed by atoms with Gasteiger partial charge in [0.2, 0.25) is 0 Å². The fourth-order valence-electron chi connectivity index (χ4n) is 1.71. The summed E-state index contributed by atoms with van der Waals surface area (Å²) in [6, 6.07) is 9.64. The number of anilines is 2. The van der Waals surface area contributed by atoms with Crippen LogP contribution in [0.15, 0.2) is 41.0 Å². The number of nitrogen functional groups attached to an aromatic ring is 1. The van der Waals surface area contributed by atoms with E-state index in [1.165, 1.54) is 0 Å². The minimum Gasteiger partial charge on any atom is -0.469 e. The summed E-state index contributed by atoms with van der Waals surface area (Å²) in [7, 11) is 0. The van der Waals surface area contributed by atoms with E-state index < -0.39 is 0 Å². The summed E-state index contributed by atoms with van der Waals surface area (Å²) in [6.45, 7) is 2.07. The third-order valence-corrected chi connectivity index (χ3v) is 2.87. The first-order chi connectivity index (χ1) is 8.16. The molecule has 0 fully saturated rings. The zero-order valence-electron chi connectivity index (χ0n) is 9.61. The molecule has 0 aliphatic rings. The average molecular weight is 251 g/mol. The van der Waals surface area contributed by atoms with Crippen molar-refractivity contribution < 1.29 is 4.42 Å². The van der Waals surface area contributed by atoms with Crippen LogP contribution in [0.25, 0.3) is 0 Å². The van der Waals surface area contributed by atoms with Crippen molar-refractivity contribution in [3.63, 3.8) is 0 Å². The smallest absolute Gasteiger partial charge is 0.105 e. The zero-order valence-corrected chi connectivity index (χ0v) is 10.4. The van der Waals surface area contributed by atoms with Crippen molar-refractivity contribution in [1.82, 2.24) is 0 Å². The van der Waals surface area contributed by atoms with Crippen molar-refractivity contribution in [2.45, 2.75) is 19.4 Å². The summed E-state index contributed by atoms with van der Waals surface area (Å²) < 4.78 is 5.30. The van der Waals surface area contributed by atoms with Gasteiger partial charge < -0.3 is 15.5 Å². The van der Waals surface area contributed by atoms with Gasteiger partial charge in [-0.2, -0.15) is 0 Å². The molecule has 4 heteroatoms. The quantitative estimate of drug-likeness (QED) is 0.816. The fourth-order valence-corrected chi connectivity index (χ4v) is 1.88. The molecule has 90 valence electrons. The van der Waals surface area contributed by atoms with E-state index in [-0.39, 0.29) is 6.04 Å². The van der Waals surface area contributed by atoms with E-state index in [1.54, 1.807) is 12.3 Å². The Morgan fingerprint density at radius 3 is 2.88 bits per heavy atom. The molecule has 17 heavy (non-hydrogen) atoms. The Hall–Kier alpha value is -1.61. The van der Waals surface area contributed by atoms with Gasteiger partial charge in [-0.1, -0.05) is 17.7 Å². The van der Waals surface area contributed by atoms with Crippen molar-refractivity contribution in [2.24, 2.45) is 0 Å². The Labute approximate surface area is 106 Å². The predicted octanol–water partition coefficient (Wildman–Crippen LogP) is 3.56. The SMILES string of the molecule is CC(Cc1ccco1)Nc1cccc(Cl)c1N. The van der Waals surface area contributed by atoms with Crippen LogP contribution in [-0.4, -0.2) is 6.04 Å². The molecule has 0 spiro atoms. The van der Waals surface area contributed by atoms with Crippen molar-refractivity contribution >= 4 is 23.0 Å². The number of hydrogen-bond acceptors (Lipinski definition) is 3. The highest BCUT2D eigenvalue weighted by atomic mass is 35.5. The molecule has 0 saturated heterocycles. The number of para-hydroxylation sites is 1. The number of nitrogens with two attached hydrogens (primary N) is 1. The lowest BCUT2D eigenvalue weighted by Gasteiger charge is -2.16. The van der Waals surface area contributed by atoms with E-state index in [0.29, 0.717) is 10.7 Å². The van der Waals surface area contributed by atoms with Crippen molar-refractivity contribution in [2.75, 3.05) is 11.1 Å². The van der Waals surface area contributed by atoms with Gasteiger partial charge in [0.15, 0.2) is 0 Å². The molecule has 3 N–H and O–H groups in total. The van der Waals surface area contributed by atoms with E-state index in [2.05, 4.69) is 12.2 Å².